The van der Waals surface area contributed by atoms with Gasteiger partial charge in [-0.1, -0.05) is 17.7 Å². The second-order valence-corrected chi connectivity index (χ2v) is 3.93. The molecule has 0 aromatic heterocycles. The lowest BCUT2D eigenvalue weighted by Crippen LogP contribution is -1.96. The lowest BCUT2D eigenvalue weighted by atomic mass is 10.2. The van der Waals surface area contributed by atoms with E-state index in [1.165, 1.54) is 24.3 Å². The van der Waals surface area contributed by atoms with Gasteiger partial charge in [0.25, 0.3) is 0 Å². The summed E-state index contributed by atoms with van der Waals surface area (Å²) in [6.45, 7) is 0.254. The van der Waals surface area contributed by atoms with Crippen molar-refractivity contribution < 1.29 is 14.2 Å². The fraction of sp³-hybridized carbons (Fsp3) is 0.0769. The van der Waals surface area contributed by atoms with Crippen LogP contribution < -0.4 is 4.74 Å². The average Bonchev–Trinajstić information content (AvgIpc) is 2.30. The van der Waals surface area contributed by atoms with Crippen molar-refractivity contribution in [3.05, 3.63) is 58.9 Å². The normalized spacial score (nSPS) is 10.2. The predicted molar refractivity (Wildman–Crippen MR) is 63.8 cm³/mol. The molecule has 0 aliphatic carbocycles. The maximum absolute atomic E-state index is 12.8. The highest BCUT2D eigenvalue weighted by atomic mass is 35.5. The molecule has 0 radical (unpaired) electrons. The van der Waals surface area contributed by atoms with Crippen LogP contribution in [0.3, 0.4) is 0 Å². The Kier molecular flexibility index (Phi) is 3.49. The van der Waals surface area contributed by atoms with Gasteiger partial charge in [0.05, 0.1) is 5.02 Å². The van der Waals surface area contributed by atoms with E-state index in [0.717, 1.165) is 0 Å². The summed E-state index contributed by atoms with van der Waals surface area (Å²) in [5.41, 5.74) is 0.709. The Morgan fingerprint density at radius 3 is 2.47 bits per heavy atom. The number of aromatic hydroxyl groups is 1. The van der Waals surface area contributed by atoms with Gasteiger partial charge in [-0.3, -0.25) is 0 Å². The van der Waals surface area contributed by atoms with Gasteiger partial charge in [-0.15, -0.1) is 0 Å². The molecule has 0 aliphatic rings. The standard InChI is InChI=1S/C13H10ClFO2/c14-13-7-10(15)2-1-9(13)8-17-12-5-3-11(16)4-6-12/h1-7,16H,8H2. The van der Waals surface area contributed by atoms with Gasteiger partial charge in [0.1, 0.15) is 23.9 Å². The van der Waals surface area contributed by atoms with Crippen molar-refractivity contribution in [3.63, 3.8) is 0 Å². The zero-order chi connectivity index (χ0) is 12.3. The van der Waals surface area contributed by atoms with Crippen molar-refractivity contribution in [1.29, 1.82) is 0 Å². The third-order valence-corrected chi connectivity index (χ3v) is 2.60. The number of phenols is 1. The summed E-state index contributed by atoms with van der Waals surface area (Å²) >= 11 is 5.86. The molecule has 2 aromatic carbocycles. The maximum atomic E-state index is 12.8. The number of benzene rings is 2. The van der Waals surface area contributed by atoms with Crippen LogP contribution in [0.1, 0.15) is 5.56 Å². The summed E-state index contributed by atoms with van der Waals surface area (Å²) in [6, 6.07) is 10.5. The first-order valence-corrected chi connectivity index (χ1v) is 5.39. The Labute approximate surface area is 103 Å². The largest absolute Gasteiger partial charge is 0.508 e. The van der Waals surface area contributed by atoms with E-state index in [0.29, 0.717) is 16.3 Å². The van der Waals surface area contributed by atoms with Gasteiger partial charge < -0.3 is 9.84 Å². The molecule has 88 valence electrons. The summed E-state index contributed by atoms with van der Waals surface area (Å²) in [6.07, 6.45) is 0. The Bertz CT molecular complexity index is 511. The van der Waals surface area contributed by atoms with Gasteiger partial charge in [0.15, 0.2) is 0 Å². The van der Waals surface area contributed by atoms with E-state index in [-0.39, 0.29) is 18.2 Å². The summed E-state index contributed by atoms with van der Waals surface area (Å²) in [7, 11) is 0. The van der Waals surface area contributed by atoms with Gasteiger partial charge in [-0.25, -0.2) is 4.39 Å². The molecule has 2 rings (SSSR count). The Morgan fingerprint density at radius 2 is 1.82 bits per heavy atom. The van der Waals surface area contributed by atoms with Crippen LogP contribution in [0.2, 0.25) is 5.02 Å². The molecular formula is C13H10ClFO2. The molecule has 0 fully saturated rings. The van der Waals surface area contributed by atoms with Crippen LogP contribution in [0, 0.1) is 5.82 Å². The van der Waals surface area contributed by atoms with Gasteiger partial charge in [-0.2, -0.15) is 0 Å². The zero-order valence-corrected chi connectivity index (χ0v) is 9.62. The maximum Gasteiger partial charge on any atom is 0.124 e. The molecule has 0 unspecified atom stereocenters. The van der Waals surface area contributed by atoms with Crippen molar-refractivity contribution in [2.24, 2.45) is 0 Å². The lowest BCUT2D eigenvalue weighted by Gasteiger charge is -2.07. The average molecular weight is 253 g/mol. The number of hydrogen-bond acceptors (Lipinski definition) is 2. The van der Waals surface area contributed by atoms with E-state index in [4.69, 9.17) is 21.4 Å². The molecule has 0 bridgehead atoms. The first-order valence-electron chi connectivity index (χ1n) is 5.01. The fourth-order valence-electron chi connectivity index (χ4n) is 1.34. The van der Waals surface area contributed by atoms with Crippen LogP contribution >= 0.6 is 11.6 Å². The van der Waals surface area contributed by atoms with Gasteiger partial charge in [-0.05, 0) is 36.4 Å². The molecule has 0 heterocycles. The quantitative estimate of drug-likeness (QED) is 0.901. The van der Waals surface area contributed by atoms with Gasteiger partial charge in [0, 0.05) is 5.56 Å². The minimum atomic E-state index is -0.372. The minimum absolute atomic E-state index is 0.178. The molecule has 4 heteroatoms. The van der Waals surface area contributed by atoms with Crippen LogP contribution in [-0.2, 0) is 6.61 Å². The van der Waals surface area contributed by atoms with Crippen LogP contribution in [0.25, 0.3) is 0 Å². The van der Waals surface area contributed by atoms with Crippen molar-refractivity contribution in [1.82, 2.24) is 0 Å². The van der Waals surface area contributed by atoms with E-state index in [9.17, 15) is 4.39 Å². The molecule has 1 N–H and O–H groups in total. The number of hydrogen-bond donors (Lipinski definition) is 1. The third kappa shape index (κ3) is 3.11. The van der Waals surface area contributed by atoms with Gasteiger partial charge >= 0.3 is 0 Å². The molecule has 0 amide bonds. The van der Waals surface area contributed by atoms with E-state index in [1.807, 2.05) is 0 Å². The third-order valence-electron chi connectivity index (χ3n) is 2.25. The number of rotatable bonds is 3. The summed E-state index contributed by atoms with van der Waals surface area (Å²) in [5, 5.41) is 9.44. The summed E-state index contributed by atoms with van der Waals surface area (Å²) < 4.78 is 18.3. The molecule has 17 heavy (non-hydrogen) atoms. The van der Waals surface area contributed by atoms with Crippen LogP contribution in [0.4, 0.5) is 4.39 Å². The Morgan fingerprint density at radius 1 is 1.12 bits per heavy atom. The van der Waals surface area contributed by atoms with Crippen molar-refractivity contribution in [3.8, 4) is 11.5 Å². The van der Waals surface area contributed by atoms with Crippen molar-refractivity contribution >= 4 is 11.6 Å². The SMILES string of the molecule is Oc1ccc(OCc2ccc(F)cc2Cl)cc1. The Balaban J connectivity index is 2.04. The molecule has 0 saturated carbocycles. The fourth-order valence-corrected chi connectivity index (χ4v) is 1.56. The molecule has 2 aromatic rings. The van der Waals surface area contributed by atoms with Gasteiger partial charge in [0.2, 0.25) is 0 Å². The van der Waals surface area contributed by atoms with Crippen molar-refractivity contribution in [2.75, 3.05) is 0 Å². The smallest absolute Gasteiger partial charge is 0.124 e. The van der Waals surface area contributed by atoms with Crippen molar-refractivity contribution in [2.45, 2.75) is 6.61 Å². The predicted octanol–water partition coefficient (Wildman–Crippen LogP) is 3.76. The highest BCUT2D eigenvalue weighted by molar-refractivity contribution is 6.31. The molecule has 0 spiro atoms. The van der Waals surface area contributed by atoms with Crippen LogP contribution in [-0.4, -0.2) is 5.11 Å². The van der Waals surface area contributed by atoms with Crippen LogP contribution in [0.5, 0.6) is 11.5 Å². The van der Waals surface area contributed by atoms with E-state index in [2.05, 4.69) is 0 Å². The van der Waals surface area contributed by atoms with E-state index in [1.54, 1.807) is 18.2 Å². The van der Waals surface area contributed by atoms with Crippen LogP contribution in [0.15, 0.2) is 42.5 Å². The van der Waals surface area contributed by atoms with E-state index >= 15 is 0 Å². The molecule has 0 saturated heterocycles. The second kappa shape index (κ2) is 5.06. The monoisotopic (exact) mass is 252 g/mol. The minimum Gasteiger partial charge on any atom is -0.508 e. The first-order chi connectivity index (χ1) is 8.15. The lowest BCUT2D eigenvalue weighted by molar-refractivity contribution is 0.305. The molecule has 2 nitrogen and oxygen atoms in total. The van der Waals surface area contributed by atoms with E-state index < -0.39 is 0 Å². The number of halogens is 2. The summed E-state index contributed by atoms with van der Waals surface area (Å²) in [5.74, 6) is 0.420. The molecular weight excluding hydrogens is 243 g/mol. The molecule has 0 aliphatic heterocycles. The topological polar surface area (TPSA) is 29.5 Å². The first kappa shape index (κ1) is 11.7. The number of phenolic OH excluding ortho intramolecular Hbond substituents is 1. The number of ether oxygens (including phenoxy) is 1. The zero-order valence-electron chi connectivity index (χ0n) is 8.86. The summed E-state index contributed by atoms with van der Waals surface area (Å²) in [4.78, 5) is 0. The highest BCUT2D eigenvalue weighted by Gasteiger charge is 2.03. The Hall–Kier alpha value is -1.74. The highest BCUT2D eigenvalue weighted by Crippen LogP contribution is 2.21. The second-order valence-electron chi connectivity index (χ2n) is 3.52. The molecule has 0 atom stereocenters.